The zero-order chi connectivity index (χ0) is 17.5. The number of carbonyl (C=O) groups excluding carboxylic acids is 1. The Labute approximate surface area is 147 Å². The first kappa shape index (κ1) is 20.6. The average Bonchev–Trinajstić information content (AvgIpc) is 2.68. The summed E-state index contributed by atoms with van der Waals surface area (Å²) < 4.78 is 5.62. The molecular formula is C18H36N2O2S. The molecule has 5 heteroatoms. The third-order valence-electron chi connectivity index (χ3n) is 4.29. The van der Waals surface area contributed by atoms with Crippen LogP contribution in [0.2, 0.25) is 0 Å². The van der Waals surface area contributed by atoms with Gasteiger partial charge in [-0.2, -0.15) is 11.8 Å². The molecular weight excluding hydrogens is 308 g/mol. The highest BCUT2D eigenvalue weighted by Crippen LogP contribution is 2.23. The van der Waals surface area contributed by atoms with E-state index in [4.69, 9.17) is 4.74 Å². The minimum atomic E-state index is -0.425. The Morgan fingerprint density at radius 2 is 2.00 bits per heavy atom. The predicted molar refractivity (Wildman–Crippen MR) is 100 cm³/mol. The molecule has 0 aromatic rings. The van der Waals surface area contributed by atoms with E-state index in [2.05, 4.69) is 25.4 Å². The molecule has 1 aliphatic heterocycles. The van der Waals surface area contributed by atoms with Crippen molar-refractivity contribution in [3.05, 3.63) is 0 Å². The summed E-state index contributed by atoms with van der Waals surface area (Å²) in [5, 5.41) is 4.23. The summed E-state index contributed by atoms with van der Waals surface area (Å²) in [6, 6.07) is 0.706. The van der Waals surface area contributed by atoms with Crippen LogP contribution in [0.5, 0.6) is 0 Å². The summed E-state index contributed by atoms with van der Waals surface area (Å²) in [5.74, 6) is 0. The number of nitrogens with zero attached hydrogens (tertiary/aromatic N) is 1. The summed E-state index contributed by atoms with van der Waals surface area (Å²) in [6.45, 7) is 12.1. The molecule has 1 aliphatic rings. The smallest absolute Gasteiger partial charge is 0.410 e. The van der Waals surface area contributed by atoms with Crippen LogP contribution in [0.1, 0.15) is 66.7 Å². The zero-order valence-electron chi connectivity index (χ0n) is 15.9. The van der Waals surface area contributed by atoms with Gasteiger partial charge in [0.25, 0.3) is 0 Å². The van der Waals surface area contributed by atoms with Gasteiger partial charge in [0.15, 0.2) is 0 Å². The largest absolute Gasteiger partial charge is 0.444 e. The molecule has 0 spiro atoms. The maximum absolute atomic E-state index is 12.6. The van der Waals surface area contributed by atoms with Crippen molar-refractivity contribution in [3.8, 4) is 0 Å². The second kappa shape index (κ2) is 9.77. The number of carbonyl (C=O) groups is 1. The van der Waals surface area contributed by atoms with E-state index < -0.39 is 5.60 Å². The van der Waals surface area contributed by atoms with Gasteiger partial charge >= 0.3 is 6.09 Å². The summed E-state index contributed by atoms with van der Waals surface area (Å²) in [5.41, 5.74) is -0.425. The molecule has 1 N–H and O–H groups in total. The average molecular weight is 345 g/mol. The maximum Gasteiger partial charge on any atom is 0.410 e. The van der Waals surface area contributed by atoms with Crippen LogP contribution in [-0.4, -0.2) is 53.3 Å². The lowest BCUT2D eigenvalue weighted by molar-refractivity contribution is 0.0150. The lowest BCUT2D eigenvalue weighted by atomic mass is 10.0. The van der Waals surface area contributed by atoms with Crippen molar-refractivity contribution in [2.45, 2.75) is 89.7 Å². The van der Waals surface area contributed by atoms with Gasteiger partial charge in [-0.1, -0.05) is 19.8 Å². The van der Waals surface area contributed by atoms with Gasteiger partial charge in [0, 0.05) is 30.4 Å². The van der Waals surface area contributed by atoms with Crippen LogP contribution >= 0.6 is 11.8 Å². The second-order valence-corrected chi connectivity index (χ2v) is 9.04. The Bertz CT molecular complexity index is 357. The van der Waals surface area contributed by atoms with Crippen molar-refractivity contribution in [1.82, 2.24) is 10.2 Å². The van der Waals surface area contributed by atoms with Gasteiger partial charge in [0.05, 0.1) is 0 Å². The molecule has 4 nitrogen and oxygen atoms in total. The quantitative estimate of drug-likeness (QED) is 0.780. The minimum Gasteiger partial charge on any atom is -0.444 e. The molecule has 0 bridgehead atoms. The SMILES string of the molecule is CSC(C)CNC(C)CC1CCCCCN1C(=O)OC(C)(C)C. The molecule has 1 amide bonds. The van der Waals surface area contributed by atoms with Crippen molar-refractivity contribution >= 4 is 17.9 Å². The summed E-state index contributed by atoms with van der Waals surface area (Å²) in [7, 11) is 0. The number of rotatable bonds is 6. The summed E-state index contributed by atoms with van der Waals surface area (Å²) in [4.78, 5) is 14.5. The molecule has 0 aliphatic carbocycles. The molecule has 1 fully saturated rings. The van der Waals surface area contributed by atoms with Crippen molar-refractivity contribution in [2.75, 3.05) is 19.3 Å². The number of thioether (sulfide) groups is 1. The highest BCUT2D eigenvalue weighted by Gasteiger charge is 2.30. The van der Waals surface area contributed by atoms with Crippen LogP contribution in [0.4, 0.5) is 4.79 Å². The van der Waals surface area contributed by atoms with Crippen LogP contribution in [-0.2, 0) is 4.74 Å². The number of ether oxygens (including phenoxy) is 1. The molecule has 1 rings (SSSR count). The van der Waals surface area contributed by atoms with Crippen LogP contribution in [0.3, 0.4) is 0 Å². The monoisotopic (exact) mass is 344 g/mol. The maximum atomic E-state index is 12.6. The van der Waals surface area contributed by atoms with E-state index >= 15 is 0 Å². The van der Waals surface area contributed by atoms with Crippen LogP contribution in [0, 0.1) is 0 Å². The Balaban J connectivity index is 2.61. The molecule has 0 aromatic heterocycles. The Morgan fingerprint density at radius 3 is 2.61 bits per heavy atom. The van der Waals surface area contributed by atoms with Crippen molar-refractivity contribution in [1.29, 1.82) is 0 Å². The van der Waals surface area contributed by atoms with Gasteiger partial charge in [0.2, 0.25) is 0 Å². The molecule has 0 radical (unpaired) electrons. The van der Waals surface area contributed by atoms with Gasteiger partial charge in [-0.15, -0.1) is 0 Å². The topological polar surface area (TPSA) is 41.6 Å². The Morgan fingerprint density at radius 1 is 1.30 bits per heavy atom. The second-order valence-electron chi connectivity index (χ2n) is 7.77. The van der Waals surface area contributed by atoms with E-state index in [-0.39, 0.29) is 6.09 Å². The Kier molecular flexibility index (Phi) is 8.76. The number of amides is 1. The van der Waals surface area contributed by atoms with Gasteiger partial charge in [0.1, 0.15) is 5.60 Å². The van der Waals surface area contributed by atoms with Crippen LogP contribution in [0.15, 0.2) is 0 Å². The lowest BCUT2D eigenvalue weighted by Crippen LogP contribution is -2.46. The highest BCUT2D eigenvalue weighted by atomic mass is 32.2. The molecule has 0 saturated carbocycles. The first-order chi connectivity index (χ1) is 10.7. The molecule has 0 aromatic carbocycles. The molecule has 136 valence electrons. The molecule has 3 atom stereocenters. The van der Waals surface area contributed by atoms with Crippen molar-refractivity contribution in [3.63, 3.8) is 0 Å². The summed E-state index contributed by atoms with van der Waals surface area (Å²) >= 11 is 1.88. The molecule has 3 unspecified atom stereocenters. The van der Waals surface area contributed by atoms with Crippen LogP contribution in [0.25, 0.3) is 0 Å². The third-order valence-corrected chi connectivity index (χ3v) is 5.26. The molecule has 23 heavy (non-hydrogen) atoms. The van der Waals surface area contributed by atoms with Crippen LogP contribution < -0.4 is 5.32 Å². The number of nitrogens with one attached hydrogen (secondary N) is 1. The fraction of sp³-hybridized carbons (Fsp3) is 0.944. The first-order valence-electron chi connectivity index (χ1n) is 8.98. The van der Waals surface area contributed by atoms with Gasteiger partial charge in [-0.05, 0) is 53.2 Å². The molecule has 1 heterocycles. The number of hydrogen-bond acceptors (Lipinski definition) is 4. The predicted octanol–water partition coefficient (Wildman–Crippen LogP) is 4.29. The van der Waals surface area contributed by atoms with E-state index in [1.54, 1.807) is 0 Å². The van der Waals surface area contributed by atoms with E-state index in [9.17, 15) is 4.79 Å². The van der Waals surface area contributed by atoms with E-state index in [0.717, 1.165) is 32.4 Å². The fourth-order valence-corrected chi connectivity index (χ4v) is 3.19. The number of hydrogen-bond donors (Lipinski definition) is 1. The van der Waals surface area contributed by atoms with Gasteiger partial charge in [-0.3, -0.25) is 0 Å². The van der Waals surface area contributed by atoms with E-state index in [1.807, 2.05) is 37.4 Å². The minimum absolute atomic E-state index is 0.144. The highest BCUT2D eigenvalue weighted by molar-refractivity contribution is 7.99. The third kappa shape index (κ3) is 8.30. The van der Waals surface area contributed by atoms with Crippen molar-refractivity contribution < 1.29 is 9.53 Å². The summed E-state index contributed by atoms with van der Waals surface area (Å²) in [6.07, 6.45) is 7.59. The van der Waals surface area contributed by atoms with Crippen molar-refractivity contribution in [2.24, 2.45) is 0 Å². The Hall–Kier alpha value is -0.420. The molecule has 1 saturated heterocycles. The first-order valence-corrected chi connectivity index (χ1v) is 10.3. The fourth-order valence-electron chi connectivity index (χ4n) is 2.93. The standard InChI is InChI=1S/C18H36N2O2S/c1-14(19-13-15(2)23-6)12-16-10-8-7-9-11-20(16)17(21)22-18(3,4)5/h14-16,19H,7-13H2,1-6H3. The normalized spacial score (nSPS) is 22.3. The lowest BCUT2D eigenvalue weighted by Gasteiger charge is -2.34. The zero-order valence-corrected chi connectivity index (χ0v) is 16.7. The number of likely N-dealkylation sites (tertiary alicyclic amines) is 1. The van der Waals surface area contributed by atoms with Gasteiger partial charge in [-0.25, -0.2) is 4.79 Å². The van der Waals surface area contributed by atoms with E-state index in [0.29, 0.717) is 17.3 Å². The van der Waals surface area contributed by atoms with Gasteiger partial charge < -0.3 is 15.0 Å². The van der Waals surface area contributed by atoms with E-state index in [1.165, 1.54) is 12.8 Å².